The molecule has 0 unspecified atom stereocenters. The van der Waals surface area contributed by atoms with Crippen molar-refractivity contribution in [3.8, 4) is 0 Å². The Kier molecular flexibility index (Phi) is 5.80. The van der Waals surface area contributed by atoms with Gasteiger partial charge in [-0.2, -0.15) is 5.10 Å². The van der Waals surface area contributed by atoms with Gasteiger partial charge in [-0.3, -0.25) is 9.67 Å². The van der Waals surface area contributed by atoms with E-state index in [0.717, 1.165) is 32.0 Å². The molecular formula is C15H23N5S. The van der Waals surface area contributed by atoms with Crippen LogP contribution in [0.25, 0.3) is 0 Å². The SMILES string of the molecule is CN=C(NCCn1cc(C)cn1)N(C)CCc1cccs1. The zero-order valence-corrected chi connectivity index (χ0v) is 13.7. The van der Waals surface area contributed by atoms with Gasteiger partial charge in [-0.15, -0.1) is 11.3 Å². The number of hydrogen-bond acceptors (Lipinski definition) is 3. The predicted octanol–water partition coefficient (Wildman–Crippen LogP) is 2.00. The number of nitrogens with one attached hydrogen (secondary N) is 1. The monoisotopic (exact) mass is 305 g/mol. The average Bonchev–Trinajstić information content (AvgIpc) is 3.12. The highest BCUT2D eigenvalue weighted by atomic mass is 32.1. The first-order valence-electron chi connectivity index (χ1n) is 7.12. The van der Waals surface area contributed by atoms with Crippen molar-refractivity contribution in [3.63, 3.8) is 0 Å². The first-order valence-corrected chi connectivity index (χ1v) is 8.00. The average molecular weight is 305 g/mol. The van der Waals surface area contributed by atoms with Crippen LogP contribution in [0, 0.1) is 6.92 Å². The molecule has 2 aromatic rings. The summed E-state index contributed by atoms with van der Waals surface area (Å²) < 4.78 is 1.95. The van der Waals surface area contributed by atoms with E-state index in [0.29, 0.717) is 0 Å². The third-order valence-corrected chi connectivity index (χ3v) is 4.17. The summed E-state index contributed by atoms with van der Waals surface area (Å²) in [6.07, 6.45) is 4.97. The van der Waals surface area contributed by atoms with Crippen LogP contribution in [0.1, 0.15) is 10.4 Å². The van der Waals surface area contributed by atoms with E-state index in [-0.39, 0.29) is 0 Å². The summed E-state index contributed by atoms with van der Waals surface area (Å²) in [6.45, 7) is 4.66. The van der Waals surface area contributed by atoms with E-state index in [1.165, 1.54) is 10.4 Å². The van der Waals surface area contributed by atoms with Crippen molar-refractivity contribution >= 4 is 17.3 Å². The molecule has 0 spiro atoms. The second-order valence-electron chi connectivity index (χ2n) is 5.01. The van der Waals surface area contributed by atoms with E-state index in [2.05, 4.69) is 44.9 Å². The zero-order chi connectivity index (χ0) is 15.1. The maximum Gasteiger partial charge on any atom is 0.193 e. The number of nitrogens with zero attached hydrogens (tertiary/aromatic N) is 4. The molecule has 0 atom stereocenters. The van der Waals surface area contributed by atoms with E-state index >= 15 is 0 Å². The van der Waals surface area contributed by atoms with Gasteiger partial charge in [0, 0.05) is 38.3 Å². The summed E-state index contributed by atoms with van der Waals surface area (Å²) in [4.78, 5) is 7.90. The highest BCUT2D eigenvalue weighted by Gasteiger charge is 2.06. The lowest BCUT2D eigenvalue weighted by Gasteiger charge is -2.21. The van der Waals surface area contributed by atoms with Crippen molar-refractivity contribution in [1.29, 1.82) is 0 Å². The molecule has 0 aliphatic heterocycles. The van der Waals surface area contributed by atoms with E-state index in [1.807, 2.05) is 31.0 Å². The molecule has 1 N–H and O–H groups in total. The third kappa shape index (κ3) is 4.90. The van der Waals surface area contributed by atoms with Gasteiger partial charge in [-0.05, 0) is 30.4 Å². The zero-order valence-electron chi connectivity index (χ0n) is 12.9. The second kappa shape index (κ2) is 7.83. The van der Waals surface area contributed by atoms with Crippen LogP contribution in [0.3, 0.4) is 0 Å². The smallest absolute Gasteiger partial charge is 0.193 e. The molecule has 2 rings (SSSR count). The van der Waals surface area contributed by atoms with Gasteiger partial charge >= 0.3 is 0 Å². The van der Waals surface area contributed by atoms with Crippen LogP contribution in [0.2, 0.25) is 0 Å². The minimum absolute atomic E-state index is 0.817. The number of thiophene rings is 1. The van der Waals surface area contributed by atoms with Crippen LogP contribution < -0.4 is 5.32 Å². The van der Waals surface area contributed by atoms with Gasteiger partial charge in [-0.25, -0.2) is 0 Å². The fourth-order valence-corrected chi connectivity index (χ4v) is 2.79. The van der Waals surface area contributed by atoms with Crippen LogP contribution in [0.15, 0.2) is 34.9 Å². The number of guanidine groups is 1. The maximum atomic E-state index is 4.33. The van der Waals surface area contributed by atoms with Crippen LogP contribution in [-0.4, -0.2) is 47.8 Å². The predicted molar refractivity (Wildman–Crippen MR) is 89.0 cm³/mol. The molecule has 0 saturated heterocycles. The summed E-state index contributed by atoms with van der Waals surface area (Å²) in [5.41, 5.74) is 1.19. The van der Waals surface area contributed by atoms with Crippen LogP contribution in [0.5, 0.6) is 0 Å². The van der Waals surface area contributed by atoms with Crippen LogP contribution in [0.4, 0.5) is 0 Å². The van der Waals surface area contributed by atoms with Gasteiger partial charge in [0.2, 0.25) is 0 Å². The molecule has 0 aromatic carbocycles. The first-order chi connectivity index (χ1) is 10.2. The topological polar surface area (TPSA) is 45.5 Å². The van der Waals surface area contributed by atoms with Crippen molar-refractivity contribution in [3.05, 3.63) is 40.3 Å². The second-order valence-corrected chi connectivity index (χ2v) is 6.04. The summed E-state index contributed by atoms with van der Waals surface area (Å²) in [7, 11) is 3.89. The Bertz CT molecular complexity index is 558. The first kappa shape index (κ1) is 15.6. The van der Waals surface area contributed by atoms with E-state index in [4.69, 9.17) is 0 Å². The van der Waals surface area contributed by atoms with Crippen molar-refractivity contribution in [2.24, 2.45) is 4.99 Å². The molecule has 0 aliphatic rings. The van der Waals surface area contributed by atoms with Crippen molar-refractivity contribution in [2.75, 3.05) is 27.2 Å². The molecule has 0 amide bonds. The van der Waals surface area contributed by atoms with Crippen molar-refractivity contribution < 1.29 is 0 Å². The molecule has 2 heterocycles. The van der Waals surface area contributed by atoms with E-state index < -0.39 is 0 Å². The van der Waals surface area contributed by atoms with Crippen molar-refractivity contribution in [1.82, 2.24) is 20.0 Å². The standard InChI is InChI=1S/C15H23N5S/c1-13-11-18-20(12-13)9-7-17-15(16-2)19(3)8-6-14-5-4-10-21-14/h4-5,10-12H,6-9H2,1-3H3,(H,16,17). The number of aliphatic imine (C=N–C) groups is 1. The van der Waals surface area contributed by atoms with Crippen LogP contribution >= 0.6 is 11.3 Å². The number of aryl methyl sites for hydroxylation is 1. The van der Waals surface area contributed by atoms with Gasteiger partial charge in [0.05, 0.1) is 12.7 Å². The summed E-state index contributed by atoms with van der Waals surface area (Å²) >= 11 is 1.80. The number of likely N-dealkylation sites (N-methyl/N-ethyl adjacent to an activating group) is 1. The Morgan fingerprint density at radius 3 is 3.00 bits per heavy atom. The molecule has 0 fully saturated rings. The molecule has 5 nitrogen and oxygen atoms in total. The molecular weight excluding hydrogens is 282 g/mol. The lowest BCUT2D eigenvalue weighted by atomic mass is 10.3. The minimum atomic E-state index is 0.817. The normalized spacial score (nSPS) is 11.7. The molecule has 114 valence electrons. The van der Waals surface area contributed by atoms with Crippen LogP contribution in [-0.2, 0) is 13.0 Å². The van der Waals surface area contributed by atoms with Gasteiger partial charge in [0.25, 0.3) is 0 Å². The third-order valence-electron chi connectivity index (χ3n) is 3.23. The summed E-state index contributed by atoms with van der Waals surface area (Å²) in [5.74, 6) is 0.926. The molecule has 0 bridgehead atoms. The summed E-state index contributed by atoms with van der Waals surface area (Å²) in [5, 5.41) is 9.77. The van der Waals surface area contributed by atoms with Crippen molar-refractivity contribution in [2.45, 2.75) is 19.9 Å². The fraction of sp³-hybridized carbons (Fsp3) is 0.467. The number of hydrogen-bond donors (Lipinski definition) is 1. The van der Waals surface area contributed by atoms with E-state index in [9.17, 15) is 0 Å². The lowest BCUT2D eigenvalue weighted by Crippen LogP contribution is -2.41. The molecule has 2 aromatic heterocycles. The molecule has 21 heavy (non-hydrogen) atoms. The Balaban J connectivity index is 1.74. The van der Waals surface area contributed by atoms with Gasteiger partial charge in [0.15, 0.2) is 5.96 Å². The highest BCUT2D eigenvalue weighted by Crippen LogP contribution is 2.09. The minimum Gasteiger partial charge on any atom is -0.354 e. The quantitative estimate of drug-likeness (QED) is 0.656. The molecule has 6 heteroatoms. The number of aromatic nitrogens is 2. The van der Waals surface area contributed by atoms with Gasteiger partial charge < -0.3 is 10.2 Å². The van der Waals surface area contributed by atoms with Gasteiger partial charge in [-0.1, -0.05) is 6.07 Å². The molecule has 0 aliphatic carbocycles. The summed E-state index contributed by atoms with van der Waals surface area (Å²) in [6, 6.07) is 4.27. The Morgan fingerprint density at radius 2 is 2.38 bits per heavy atom. The van der Waals surface area contributed by atoms with E-state index in [1.54, 1.807) is 11.3 Å². The lowest BCUT2D eigenvalue weighted by molar-refractivity contribution is 0.479. The maximum absolute atomic E-state index is 4.33. The highest BCUT2D eigenvalue weighted by molar-refractivity contribution is 7.09. The fourth-order valence-electron chi connectivity index (χ4n) is 2.09. The Labute approximate surface area is 130 Å². The van der Waals surface area contributed by atoms with Gasteiger partial charge in [0.1, 0.15) is 0 Å². The molecule has 0 radical (unpaired) electrons. The molecule has 0 saturated carbocycles. The Hall–Kier alpha value is -1.82. The Morgan fingerprint density at radius 1 is 1.52 bits per heavy atom. The number of rotatable bonds is 6. The largest absolute Gasteiger partial charge is 0.354 e.